The smallest absolute Gasteiger partial charge is 0.314 e. The lowest BCUT2D eigenvalue weighted by molar-refractivity contribution is -0.160. The van der Waals surface area contributed by atoms with Crippen LogP contribution in [0.3, 0.4) is 0 Å². The molecule has 0 radical (unpaired) electrons. The summed E-state index contributed by atoms with van der Waals surface area (Å²) in [6, 6.07) is 0. The minimum absolute atomic E-state index is 0.118. The molecule has 2 heterocycles. The van der Waals surface area contributed by atoms with Crippen molar-refractivity contribution < 1.29 is 19.4 Å². The number of ether oxygens (including phenoxy) is 2. The Bertz CT molecular complexity index is 167. The predicted molar refractivity (Wildman–Crippen MR) is 29.9 cm³/mol. The van der Waals surface area contributed by atoms with E-state index in [1.54, 1.807) is 0 Å². The predicted octanol–water partition coefficient (Wildman–Crippen LogP) is -0.876. The Labute approximate surface area is 57.7 Å². The van der Waals surface area contributed by atoms with Gasteiger partial charge in [-0.15, -0.1) is 0 Å². The molecule has 2 rings (SSSR count). The maximum Gasteiger partial charge on any atom is 0.314 e. The summed E-state index contributed by atoms with van der Waals surface area (Å²) in [4.78, 5) is 10.8. The van der Waals surface area contributed by atoms with E-state index in [9.17, 15) is 4.79 Å². The molecule has 0 aromatic carbocycles. The van der Waals surface area contributed by atoms with E-state index < -0.39 is 6.29 Å². The fraction of sp³-hybridized carbons (Fsp3) is 0.833. The van der Waals surface area contributed by atoms with Gasteiger partial charge in [0.25, 0.3) is 0 Å². The summed E-state index contributed by atoms with van der Waals surface area (Å²) in [5.41, 5.74) is 0. The quantitative estimate of drug-likeness (QED) is 0.449. The second kappa shape index (κ2) is 1.93. The van der Waals surface area contributed by atoms with E-state index in [1.165, 1.54) is 0 Å². The fourth-order valence-electron chi connectivity index (χ4n) is 1.39. The van der Waals surface area contributed by atoms with Crippen molar-refractivity contribution in [3.63, 3.8) is 0 Å². The molecule has 0 aromatic rings. The Hall–Kier alpha value is -0.610. The standard InChI is InChI=1S/C6H8O4/c7-5-3-1-9-2-4(3)6(8)10-5/h3-5,7H,1-2H2. The number of rotatable bonds is 0. The zero-order chi connectivity index (χ0) is 7.14. The number of hydrogen-bond acceptors (Lipinski definition) is 4. The highest BCUT2D eigenvalue weighted by Gasteiger charge is 2.47. The summed E-state index contributed by atoms with van der Waals surface area (Å²) >= 11 is 0. The molecule has 1 N–H and O–H groups in total. The molecular formula is C6H8O4. The van der Waals surface area contributed by atoms with Gasteiger partial charge in [0.05, 0.1) is 25.0 Å². The van der Waals surface area contributed by atoms with E-state index >= 15 is 0 Å². The largest absolute Gasteiger partial charge is 0.435 e. The highest BCUT2D eigenvalue weighted by atomic mass is 16.6. The average Bonchev–Trinajstić information content (AvgIpc) is 2.39. The Morgan fingerprint density at radius 1 is 1.50 bits per heavy atom. The summed E-state index contributed by atoms with van der Waals surface area (Å²) in [6.07, 6.45) is -0.931. The maximum absolute atomic E-state index is 10.8. The van der Waals surface area contributed by atoms with Crippen LogP contribution in [0.2, 0.25) is 0 Å². The van der Waals surface area contributed by atoms with Crippen LogP contribution in [0, 0.1) is 11.8 Å². The first kappa shape index (κ1) is 6.12. The molecule has 0 spiro atoms. The van der Waals surface area contributed by atoms with Crippen molar-refractivity contribution in [3.8, 4) is 0 Å². The van der Waals surface area contributed by atoms with Gasteiger partial charge < -0.3 is 14.6 Å². The third kappa shape index (κ3) is 0.660. The Morgan fingerprint density at radius 2 is 2.30 bits per heavy atom. The summed E-state index contributed by atoms with van der Waals surface area (Å²) in [6.45, 7) is 0.845. The summed E-state index contributed by atoms with van der Waals surface area (Å²) < 4.78 is 9.56. The average molecular weight is 144 g/mol. The minimum atomic E-state index is -0.931. The van der Waals surface area contributed by atoms with Gasteiger partial charge in [0, 0.05) is 0 Å². The van der Waals surface area contributed by atoms with Gasteiger partial charge in [-0.05, 0) is 0 Å². The van der Waals surface area contributed by atoms with Crippen molar-refractivity contribution in [1.82, 2.24) is 0 Å². The van der Waals surface area contributed by atoms with E-state index in [0.717, 1.165) is 0 Å². The first-order valence-electron chi connectivity index (χ1n) is 3.25. The van der Waals surface area contributed by atoms with Gasteiger partial charge in [-0.25, -0.2) is 0 Å². The molecule has 4 heteroatoms. The number of carbonyl (C=O) groups excluding carboxylic acids is 1. The second-order valence-corrected chi connectivity index (χ2v) is 2.64. The van der Waals surface area contributed by atoms with Gasteiger partial charge in [0.15, 0.2) is 0 Å². The van der Waals surface area contributed by atoms with Gasteiger partial charge in [-0.2, -0.15) is 0 Å². The van der Waals surface area contributed by atoms with Gasteiger partial charge in [-0.1, -0.05) is 0 Å². The Balaban J connectivity index is 2.19. The normalized spacial score (nSPS) is 45.3. The lowest BCUT2D eigenvalue weighted by Gasteiger charge is -2.05. The van der Waals surface area contributed by atoms with Crippen molar-refractivity contribution in [2.75, 3.05) is 13.2 Å². The molecule has 2 aliphatic heterocycles. The van der Waals surface area contributed by atoms with Crippen LogP contribution in [0.4, 0.5) is 0 Å². The molecule has 0 aliphatic carbocycles. The van der Waals surface area contributed by atoms with Gasteiger partial charge >= 0.3 is 5.97 Å². The van der Waals surface area contributed by atoms with Crippen LogP contribution in [0.15, 0.2) is 0 Å². The van der Waals surface area contributed by atoms with Crippen molar-refractivity contribution in [2.24, 2.45) is 11.8 Å². The van der Waals surface area contributed by atoms with Gasteiger partial charge in [0.2, 0.25) is 6.29 Å². The molecule has 4 nitrogen and oxygen atoms in total. The van der Waals surface area contributed by atoms with E-state index in [0.29, 0.717) is 13.2 Å². The number of aliphatic hydroxyl groups excluding tert-OH is 1. The lowest BCUT2D eigenvalue weighted by atomic mass is 9.99. The fourth-order valence-corrected chi connectivity index (χ4v) is 1.39. The first-order chi connectivity index (χ1) is 4.79. The van der Waals surface area contributed by atoms with E-state index in [-0.39, 0.29) is 17.8 Å². The van der Waals surface area contributed by atoms with Crippen LogP contribution >= 0.6 is 0 Å². The molecule has 0 amide bonds. The number of hydrogen-bond donors (Lipinski definition) is 1. The summed E-state index contributed by atoms with van der Waals surface area (Å²) in [5.74, 6) is -0.655. The third-order valence-electron chi connectivity index (χ3n) is 2.03. The Kier molecular flexibility index (Phi) is 1.18. The molecular weight excluding hydrogens is 136 g/mol. The molecule has 0 bridgehead atoms. The van der Waals surface area contributed by atoms with Gasteiger partial charge in [-0.3, -0.25) is 4.79 Å². The van der Waals surface area contributed by atoms with E-state index in [1.807, 2.05) is 0 Å². The van der Waals surface area contributed by atoms with Crippen LogP contribution in [0.1, 0.15) is 0 Å². The van der Waals surface area contributed by atoms with Crippen molar-refractivity contribution >= 4 is 5.97 Å². The monoisotopic (exact) mass is 144 g/mol. The zero-order valence-electron chi connectivity index (χ0n) is 5.32. The second-order valence-electron chi connectivity index (χ2n) is 2.64. The lowest BCUT2D eigenvalue weighted by Crippen LogP contribution is -2.18. The van der Waals surface area contributed by atoms with Crippen LogP contribution in [-0.2, 0) is 14.3 Å². The molecule has 2 aliphatic rings. The number of cyclic esters (lactones) is 1. The molecule has 2 fully saturated rings. The van der Waals surface area contributed by atoms with Crippen LogP contribution in [0.25, 0.3) is 0 Å². The maximum atomic E-state index is 10.8. The highest BCUT2D eigenvalue weighted by molar-refractivity contribution is 5.75. The molecule has 0 aromatic heterocycles. The zero-order valence-corrected chi connectivity index (χ0v) is 5.32. The van der Waals surface area contributed by atoms with Crippen LogP contribution in [0.5, 0.6) is 0 Å². The number of aliphatic hydroxyl groups is 1. The summed E-state index contributed by atoms with van der Waals surface area (Å²) in [5, 5.41) is 9.05. The molecule has 2 saturated heterocycles. The van der Waals surface area contributed by atoms with Crippen LogP contribution in [-0.4, -0.2) is 30.6 Å². The van der Waals surface area contributed by atoms with E-state index in [4.69, 9.17) is 9.84 Å². The first-order valence-corrected chi connectivity index (χ1v) is 3.25. The third-order valence-corrected chi connectivity index (χ3v) is 2.03. The topological polar surface area (TPSA) is 55.8 Å². The Morgan fingerprint density at radius 3 is 3.00 bits per heavy atom. The minimum Gasteiger partial charge on any atom is -0.435 e. The highest BCUT2D eigenvalue weighted by Crippen LogP contribution is 2.31. The molecule has 56 valence electrons. The molecule has 10 heavy (non-hydrogen) atoms. The van der Waals surface area contributed by atoms with E-state index in [2.05, 4.69) is 4.74 Å². The van der Waals surface area contributed by atoms with Crippen molar-refractivity contribution in [1.29, 1.82) is 0 Å². The van der Waals surface area contributed by atoms with Crippen LogP contribution < -0.4 is 0 Å². The molecule has 0 saturated carbocycles. The molecule has 3 atom stereocenters. The SMILES string of the molecule is O=C1OC(O)C2COCC12. The number of fused-ring (bicyclic) bond motifs is 1. The number of carbonyl (C=O) groups is 1. The van der Waals surface area contributed by atoms with Crippen molar-refractivity contribution in [2.45, 2.75) is 6.29 Å². The number of esters is 1. The van der Waals surface area contributed by atoms with Gasteiger partial charge in [0.1, 0.15) is 0 Å². The molecule has 3 unspecified atom stereocenters. The van der Waals surface area contributed by atoms with Crippen molar-refractivity contribution in [3.05, 3.63) is 0 Å². The summed E-state index contributed by atoms with van der Waals surface area (Å²) in [7, 11) is 0.